The Hall–Kier alpha value is -1.18. The van der Waals surface area contributed by atoms with Crippen LogP contribution in [0.15, 0.2) is 18.2 Å². The Morgan fingerprint density at radius 2 is 1.71 bits per heavy atom. The van der Waals surface area contributed by atoms with Gasteiger partial charge in [-0.2, -0.15) is 0 Å². The molecule has 1 N–H and O–H groups in total. The first kappa shape index (κ1) is 12.8. The maximum Gasteiger partial charge on any atom is 1.00 e. The number of hydrogen-bond donors (Lipinski definition) is 1. The molecule has 0 aromatic heterocycles. The Labute approximate surface area is 99.9 Å². The largest absolute Gasteiger partial charge is 1.00 e. The number of rotatable bonds is 2. The molecule has 0 atom stereocenters. The first-order chi connectivity index (χ1) is 6.02. The van der Waals surface area contributed by atoms with E-state index in [9.17, 15) is 20.2 Å². The van der Waals surface area contributed by atoms with Gasteiger partial charge in [0.05, 0.1) is 15.9 Å². The summed E-state index contributed by atoms with van der Waals surface area (Å²) in [6, 6.07) is 2.61. The van der Waals surface area contributed by atoms with Crippen LogP contribution >= 0.6 is 0 Å². The van der Waals surface area contributed by atoms with Gasteiger partial charge in [-0.15, -0.1) is 0 Å². The first-order valence-electron chi connectivity index (χ1n) is 3.14. The topological polar surface area (TPSA) is 107 Å². The molecule has 7 nitrogen and oxygen atoms in total. The molecular weight excluding hydrogens is 203 g/mol. The molecule has 1 aromatic carbocycles. The summed E-state index contributed by atoms with van der Waals surface area (Å²) in [5, 5.41) is 29.3. The Kier molecular flexibility index (Phi) is 4.48. The van der Waals surface area contributed by atoms with Crippen molar-refractivity contribution in [2.24, 2.45) is 0 Å². The summed E-state index contributed by atoms with van der Waals surface area (Å²) in [5.41, 5.74) is -1.10. The number of nitrogens with zero attached hydrogens (tertiary/aromatic N) is 2. The molecule has 1 aromatic rings. The number of benzene rings is 1. The third-order valence-electron chi connectivity index (χ3n) is 1.37. The molecule has 1 rings (SSSR count). The Morgan fingerprint density at radius 3 is 2.14 bits per heavy atom. The van der Waals surface area contributed by atoms with E-state index < -0.39 is 27.0 Å². The van der Waals surface area contributed by atoms with Gasteiger partial charge in [-0.3, -0.25) is 20.2 Å². The van der Waals surface area contributed by atoms with Crippen molar-refractivity contribution in [2.45, 2.75) is 0 Å². The molecular formula is C6H4N2NaO5+. The number of nitro groups is 2. The summed E-state index contributed by atoms with van der Waals surface area (Å²) in [7, 11) is 0. The van der Waals surface area contributed by atoms with Gasteiger partial charge in [0.15, 0.2) is 5.75 Å². The van der Waals surface area contributed by atoms with Gasteiger partial charge >= 0.3 is 35.2 Å². The molecule has 0 aliphatic heterocycles. The monoisotopic (exact) mass is 207 g/mol. The van der Waals surface area contributed by atoms with Crippen LogP contribution in [0.2, 0.25) is 0 Å². The van der Waals surface area contributed by atoms with Crippen molar-refractivity contribution in [3.05, 3.63) is 38.4 Å². The predicted molar refractivity (Wildman–Crippen MR) is 41.4 cm³/mol. The average Bonchev–Trinajstić information content (AvgIpc) is 2.04. The van der Waals surface area contributed by atoms with Gasteiger partial charge in [0, 0.05) is 6.07 Å². The van der Waals surface area contributed by atoms with E-state index >= 15 is 0 Å². The Bertz CT molecular complexity index is 380. The molecule has 8 heteroatoms. The van der Waals surface area contributed by atoms with Crippen LogP contribution in [0.4, 0.5) is 11.4 Å². The van der Waals surface area contributed by atoms with Crippen LogP contribution in [0.3, 0.4) is 0 Å². The normalized spacial score (nSPS) is 8.86. The summed E-state index contributed by atoms with van der Waals surface area (Å²) >= 11 is 0. The molecule has 0 bridgehead atoms. The van der Waals surface area contributed by atoms with Gasteiger partial charge in [0.2, 0.25) is 0 Å². The van der Waals surface area contributed by atoms with Crippen LogP contribution in [-0.4, -0.2) is 15.0 Å². The minimum atomic E-state index is -0.887. The number of aromatic hydroxyl groups is 1. The summed E-state index contributed by atoms with van der Waals surface area (Å²) in [6.45, 7) is 0. The zero-order valence-corrected chi connectivity index (χ0v) is 9.21. The third kappa shape index (κ3) is 2.66. The Morgan fingerprint density at radius 1 is 1.14 bits per heavy atom. The minimum absolute atomic E-state index is 0. The SMILES string of the molecule is O=[N+]([O-])c1ccc(O)c([N+](=O)[O-])c1.[Na+]. The second kappa shape index (κ2) is 4.89. The summed E-state index contributed by atoms with van der Waals surface area (Å²) in [6.07, 6.45) is 0. The molecule has 14 heavy (non-hydrogen) atoms. The van der Waals surface area contributed by atoms with E-state index in [1.165, 1.54) is 0 Å². The number of hydrogen-bond acceptors (Lipinski definition) is 5. The van der Waals surface area contributed by atoms with E-state index in [1.54, 1.807) is 0 Å². The maximum absolute atomic E-state index is 10.2. The van der Waals surface area contributed by atoms with Crippen LogP contribution in [-0.2, 0) is 0 Å². The number of nitro benzene ring substituents is 2. The van der Waals surface area contributed by atoms with E-state index in [-0.39, 0.29) is 29.6 Å². The molecule has 0 fully saturated rings. The molecule has 0 radical (unpaired) electrons. The van der Waals surface area contributed by atoms with Crippen LogP contribution in [0.5, 0.6) is 5.75 Å². The smallest absolute Gasteiger partial charge is 0.502 e. The fourth-order valence-corrected chi connectivity index (χ4v) is 0.772. The fraction of sp³-hybridized carbons (Fsp3) is 0. The average molecular weight is 207 g/mol. The van der Waals surface area contributed by atoms with Gasteiger partial charge in [0.25, 0.3) is 5.69 Å². The zero-order valence-electron chi connectivity index (χ0n) is 7.21. The maximum atomic E-state index is 10.2. The van der Waals surface area contributed by atoms with E-state index in [4.69, 9.17) is 5.11 Å². The molecule has 0 aliphatic rings. The molecule has 0 spiro atoms. The number of phenolic OH excluding ortho intramolecular Hbond substituents is 1. The van der Waals surface area contributed by atoms with Gasteiger partial charge < -0.3 is 5.11 Å². The van der Waals surface area contributed by atoms with E-state index in [2.05, 4.69) is 0 Å². The van der Waals surface area contributed by atoms with Gasteiger partial charge in [-0.05, 0) is 6.07 Å². The van der Waals surface area contributed by atoms with Crippen molar-refractivity contribution in [1.82, 2.24) is 0 Å². The van der Waals surface area contributed by atoms with E-state index in [0.29, 0.717) is 6.07 Å². The zero-order chi connectivity index (χ0) is 10.0. The minimum Gasteiger partial charge on any atom is -0.502 e. The van der Waals surface area contributed by atoms with E-state index in [0.717, 1.165) is 12.1 Å². The van der Waals surface area contributed by atoms with Crippen molar-refractivity contribution < 1.29 is 44.5 Å². The van der Waals surface area contributed by atoms with Crippen molar-refractivity contribution in [3.63, 3.8) is 0 Å². The standard InChI is InChI=1S/C6H4N2O5.Na/c9-6-2-1-4(7(10)11)3-5(6)8(12)13;/h1-3,9H;/q;+1. The molecule has 0 unspecified atom stereocenters. The quantitative estimate of drug-likeness (QED) is 0.350. The predicted octanol–water partition coefficient (Wildman–Crippen LogP) is -1.79. The van der Waals surface area contributed by atoms with Gasteiger partial charge in [-0.1, -0.05) is 0 Å². The Balaban J connectivity index is 0.00000169. The third-order valence-corrected chi connectivity index (χ3v) is 1.37. The fourth-order valence-electron chi connectivity index (χ4n) is 0.772. The van der Waals surface area contributed by atoms with E-state index in [1.807, 2.05) is 0 Å². The first-order valence-corrected chi connectivity index (χ1v) is 3.14. The molecule has 0 aliphatic carbocycles. The van der Waals surface area contributed by atoms with Crippen molar-refractivity contribution in [2.75, 3.05) is 0 Å². The number of phenols is 1. The van der Waals surface area contributed by atoms with Crippen molar-refractivity contribution in [3.8, 4) is 5.75 Å². The molecule has 0 amide bonds. The summed E-state index contributed by atoms with van der Waals surface area (Å²) in [5.74, 6) is -0.587. The summed E-state index contributed by atoms with van der Waals surface area (Å²) in [4.78, 5) is 18.7. The van der Waals surface area contributed by atoms with Crippen LogP contribution in [0.25, 0.3) is 0 Å². The molecule has 68 valence electrons. The molecule has 0 saturated heterocycles. The van der Waals surface area contributed by atoms with Gasteiger partial charge in [0.1, 0.15) is 0 Å². The van der Waals surface area contributed by atoms with Crippen molar-refractivity contribution >= 4 is 11.4 Å². The number of non-ortho nitro benzene ring substituents is 1. The van der Waals surface area contributed by atoms with Gasteiger partial charge in [-0.25, -0.2) is 0 Å². The second-order valence-corrected chi connectivity index (χ2v) is 2.19. The van der Waals surface area contributed by atoms with Crippen LogP contribution < -0.4 is 29.6 Å². The van der Waals surface area contributed by atoms with Crippen LogP contribution in [0.1, 0.15) is 0 Å². The summed E-state index contributed by atoms with van der Waals surface area (Å²) < 4.78 is 0. The van der Waals surface area contributed by atoms with Crippen molar-refractivity contribution in [1.29, 1.82) is 0 Å². The van der Waals surface area contributed by atoms with Crippen LogP contribution in [0, 0.1) is 20.2 Å². The molecule has 0 heterocycles. The molecule has 0 saturated carbocycles. The second-order valence-electron chi connectivity index (χ2n) is 2.19.